The van der Waals surface area contributed by atoms with Gasteiger partial charge in [0, 0.05) is 37.2 Å². The molecule has 2 aromatic rings. The monoisotopic (exact) mass is 409 g/mol. The van der Waals surface area contributed by atoms with Crippen molar-refractivity contribution in [1.29, 1.82) is 0 Å². The molecule has 1 saturated carbocycles. The van der Waals surface area contributed by atoms with E-state index in [1.54, 1.807) is 11.1 Å². The zero-order chi connectivity index (χ0) is 20.9. The predicted octanol–water partition coefficient (Wildman–Crippen LogP) is 2.81. The average molecular weight is 410 g/mol. The molecule has 0 atom stereocenters. The summed E-state index contributed by atoms with van der Waals surface area (Å²) in [5.41, 5.74) is 1.64. The summed E-state index contributed by atoms with van der Waals surface area (Å²) in [5, 5.41) is 7.29. The first-order valence-electron chi connectivity index (χ1n) is 11.0. The predicted molar refractivity (Wildman–Crippen MR) is 116 cm³/mol. The van der Waals surface area contributed by atoms with Gasteiger partial charge in [-0.15, -0.1) is 0 Å². The number of carbonyl (C=O) groups is 2. The van der Waals surface area contributed by atoms with Crippen molar-refractivity contribution in [2.24, 2.45) is 0 Å². The van der Waals surface area contributed by atoms with E-state index in [4.69, 9.17) is 0 Å². The van der Waals surface area contributed by atoms with Gasteiger partial charge in [0.05, 0.1) is 19.3 Å². The van der Waals surface area contributed by atoms with Crippen molar-refractivity contribution < 1.29 is 9.59 Å². The van der Waals surface area contributed by atoms with Gasteiger partial charge in [0.25, 0.3) is 5.91 Å². The molecule has 0 unspecified atom stereocenters. The van der Waals surface area contributed by atoms with E-state index in [1.807, 2.05) is 35.0 Å². The van der Waals surface area contributed by atoms with Gasteiger partial charge in [0.15, 0.2) is 0 Å². The normalized spacial score (nSPS) is 17.3. The standard InChI is InChI=1S/C23H31N5O2/c1-26(20-5-3-2-4-6-20)16-14-24-23(30)19-9-7-18(8-10-19)17-27-21-11-13-25-28(21)15-12-22(27)29/h7-11,13,20H,2-6,12,14-17H2,1H3,(H,24,30). The number of aromatic nitrogens is 2. The molecule has 7 nitrogen and oxygen atoms in total. The lowest BCUT2D eigenvalue weighted by atomic mass is 9.94. The molecule has 30 heavy (non-hydrogen) atoms. The Balaban J connectivity index is 1.28. The van der Waals surface area contributed by atoms with Crippen LogP contribution in [-0.4, -0.2) is 52.7 Å². The van der Waals surface area contributed by atoms with Gasteiger partial charge < -0.3 is 10.2 Å². The van der Waals surface area contributed by atoms with Gasteiger partial charge in [-0.2, -0.15) is 5.10 Å². The Morgan fingerprint density at radius 3 is 2.70 bits per heavy atom. The van der Waals surface area contributed by atoms with Crippen LogP contribution < -0.4 is 10.2 Å². The quantitative estimate of drug-likeness (QED) is 0.763. The van der Waals surface area contributed by atoms with E-state index in [0.717, 1.165) is 17.9 Å². The van der Waals surface area contributed by atoms with Gasteiger partial charge in [0.2, 0.25) is 5.91 Å². The third kappa shape index (κ3) is 4.73. The average Bonchev–Trinajstić information content (AvgIpc) is 3.26. The lowest BCUT2D eigenvalue weighted by molar-refractivity contribution is -0.119. The highest BCUT2D eigenvalue weighted by Gasteiger charge is 2.24. The van der Waals surface area contributed by atoms with Crippen LogP contribution in [0.1, 0.15) is 54.4 Å². The third-order valence-electron chi connectivity index (χ3n) is 6.31. The summed E-state index contributed by atoms with van der Waals surface area (Å²) in [6.45, 7) is 2.64. The minimum absolute atomic E-state index is 0.0503. The van der Waals surface area contributed by atoms with Gasteiger partial charge in [0.1, 0.15) is 5.82 Å². The number of anilines is 1. The van der Waals surface area contributed by atoms with Crippen molar-refractivity contribution in [3.8, 4) is 0 Å². The summed E-state index contributed by atoms with van der Waals surface area (Å²) in [6, 6.07) is 10.0. The summed E-state index contributed by atoms with van der Waals surface area (Å²) in [6.07, 6.45) is 8.72. The SMILES string of the molecule is CN(CCNC(=O)c1ccc(CN2C(=O)CCn3nccc32)cc1)C1CCCCC1. The Bertz CT molecular complexity index is 870. The van der Waals surface area contributed by atoms with E-state index in [0.29, 0.717) is 37.7 Å². The number of fused-ring (bicyclic) bond motifs is 1. The van der Waals surface area contributed by atoms with Gasteiger partial charge in [-0.1, -0.05) is 31.4 Å². The van der Waals surface area contributed by atoms with Crippen molar-refractivity contribution in [2.45, 2.75) is 57.7 Å². The topological polar surface area (TPSA) is 70.5 Å². The van der Waals surface area contributed by atoms with Crippen LogP contribution in [0.2, 0.25) is 0 Å². The summed E-state index contributed by atoms with van der Waals surface area (Å²) in [7, 11) is 2.16. The molecule has 1 N–H and O–H groups in total. The number of hydrogen-bond donors (Lipinski definition) is 1. The molecule has 1 fully saturated rings. The van der Waals surface area contributed by atoms with Gasteiger partial charge in [-0.05, 0) is 37.6 Å². The molecule has 7 heteroatoms. The van der Waals surface area contributed by atoms with E-state index in [9.17, 15) is 9.59 Å². The third-order valence-corrected chi connectivity index (χ3v) is 6.31. The van der Waals surface area contributed by atoms with Crippen LogP contribution >= 0.6 is 0 Å². The fraction of sp³-hybridized carbons (Fsp3) is 0.522. The zero-order valence-corrected chi connectivity index (χ0v) is 17.7. The molecule has 0 spiro atoms. The number of rotatable bonds is 7. The number of amides is 2. The number of nitrogens with one attached hydrogen (secondary N) is 1. The number of carbonyl (C=O) groups excluding carboxylic acids is 2. The molecule has 4 rings (SSSR count). The highest BCUT2D eigenvalue weighted by molar-refractivity contribution is 5.95. The number of hydrogen-bond acceptors (Lipinski definition) is 4. The van der Waals surface area contributed by atoms with E-state index < -0.39 is 0 Å². The largest absolute Gasteiger partial charge is 0.351 e. The molecule has 0 bridgehead atoms. The molecule has 160 valence electrons. The van der Waals surface area contributed by atoms with Crippen LogP contribution in [0, 0.1) is 0 Å². The maximum atomic E-state index is 12.5. The molecule has 2 amide bonds. The zero-order valence-electron chi connectivity index (χ0n) is 17.7. The maximum absolute atomic E-state index is 12.5. The van der Waals surface area contributed by atoms with E-state index in [2.05, 4.69) is 22.4 Å². The second kappa shape index (κ2) is 9.43. The fourth-order valence-corrected chi connectivity index (χ4v) is 4.46. The van der Waals surface area contributed by atoms with Gasteiger partial charge >= 0.3 is 0 Å². The van der Waals surface area contributed by atoms with Crippen LogP contribution in [0.15, 0.2) is 36.5 Å². The Hall–Kier alpha value is -2.67. The van der Waals surface area contributed by atoms with E-state index in [1.165, 1.54) is 32.1 Å². The van der Waals surface area contributed by atoms with Crippen LogP contribution in [-0.2, 0) is 17.9 Å². The number of benzene rings is 1. The molecule has 2 aliphatic rings. The first-order valence-corrected chi connectivity index (χ1v) is 11.0. The van der Waals surface area contributed by atoms with Crippen molar-refractivity contribution in [3.05, 3.63) is 47.7 Å². The maximum Gasteiger partial charge on any atom is 0.251 e. The molecule has 1 aromatic carbocycles. The minimum atomic E-state index is -0.0503. The molecule has 0 radical (unpaired) electrons. The van der Waals surface area contributed by atoms with Crippen LogP contribution in [0.3, 0.4) is 0 Å². The lowest BCUT2D eigenvalue weighted by Crippen LogP contribution is -2.39. The molecule has 1 aliphatic carbocycles. The highest BCUT2D eigenvalue weighted by Crippen LogP contribution is 2.23. The fourth-order valence-electron chi connectivity index (χ4n) is 4.46. The van der Waals surface area contributed by atoms with Crippen molar-refractivity contribution in [2.75, 3.05) is 25.0 Å². The van der Waals surface area contributed by atoms with Crippen molar-refractivity contribution in [1.82, 2.24) is 20.0 Å². The molecule has 2 heterocycles. The van der Waals surface area contributed by atoms with E-state index >= 15 is 0 Å². The first kappa shape index (κ1) is 20.6. The highest BCUT2D eigenvalue weighted by atomic mass is 16.2. The number of likely N-dealkylation sites (N-methyl/N-ethyl adjacent to an activating group) is 1. The Morgan fingerprint density at radius 1 is 1.17 bits per heavy atom. The van der Waals surface area contributed by atoms with Crippen LogP contribution in [0.5, 0.6) is 0 Å². The lowest BCUT2D eigenvalue weighted by Gasteiger charge is -2.31. The van der Waals surface area contributed by atoms with Crippen molar-refractivity contribution in [3.63, 3.8) is 0 Å². The summed E-state index contributed by atoms with van der Waals surface area (Å²) < 4.78 is 1.85. The molecular weight excluding hydrogens is 378 g/mol. The number of nitrogens with zero attached hydrogens (tertiary/aromatic N) is 4. The second-order valence-electron chi connectivity index (χ2n) is 8.37. The van der Waals surface area contributed by atoms with Crippen molar-refractivity contribution >= 4 is 17.6 Å². The Morgan fingerprint density at radius 2 is 1.93 bits per heavy atom. The van der Waals surface area contributed by atoms with Crippen LogP contribution in [0.4, 0.5) is 5.82 Å². The van der Waals surface area contributed by atoms with Gasteiger partial charge in [-0.25, -0.2) is 4.68 Å². The second-order valence-corrected chi connectivity index (χ2v) is 8.37. The minimum Gasteiger partial charge on any atom is -0.351 e. The number of aryl methyl sites for hydroxylation is 1. The Labute approximate surface area is 178 Å². The summed E-state index contributed by atoms with van der Waals surface area (Å²) >= 11 is 0. The molecule has 0 saturated heterocycles. The van der Waals surface area contributed by atoms with Crippen LogP contribution in [0.25, 0.3) is 0 Å². The Kier molecular flexibility index (Phi) is 6.47. The molecule has 1 aromatic heterocycles. The summed E-state index contributed by atoms with van der Waals surface area (Å²) in [4.78, 5) is 29.0. The van der Waals surface area contributed by atoms with Gasteiger partial charge in [-0.3, -0.25) is 14.5 Å². The molecular formula is C23H31N5O2. The smallest absolute Gasteiger partial charge is 0.251 e. The first-order chi connectivity index (χ1) is 14.6. The van der Waals surface area contributed by atoms with E-state index in [-0.39, 0.29) is 11.8 Å². The summed E-state index contributed by atoms with van der Waals surface area (Å²) in [5.74, 6) is 0.882. The molecule has 1 aliphatic heterocycles.